The molecule has 182 valence electrons. The lowest BCUT2D eigenvalue weighted by Gasteiger charge is -2.50. The van der Waals surface area contributed by atoms with E-state index in [4.69, 9.17) is 4.74 Å². The second-order valence-electron chi connectivity index (χ2n) is 12.6. The Kier molecular flexibility index (Phi) is 6.56. The highest BCUT2D eigenvalue weighted by Gasteiger charge is 2.49. The van der Waals surface area contributed by atoms with Crippen molar-refractivity contribution in [3.8, 4) is 0 Å². The maximum atomic E-state index is 13.4. The van der Waals surface area contributed by atoms with Crippen LogP contribution in [0.1, 0.15) is 86.0 Å². The third-order valence-electron chi connectivity index (χ3n) is 9.00. The van der Waals surface area contributed by atoms with Crippen molar-refractivity contribution in [2.45, 2.75) is 97.1 Å². The SMILES string of the molecule is CC(C)(C)N1CC[C@@H](C(=O)N2CCC(CN3C(=O)OCC3(C)C)(C3CCCCC3)CC2)C1. The summed E-state index contributed by atoms with van der Waals surface area (Å²) < 4.78 is 5.44. The third kappa shape index (κ3) is 4.67. The molecule has 4 aliphatic rings. The fourth-order valence-corrected chi connectivity index (χ4v) is 6.65. The fourth-order valence-electron chi connectivity index (χ4n) is 6.65. The van der Waals surface area contributed by atoms with Gasteiger partial charge in [-0.2, -0.15) is 0 Å². The summed E-state index contributed by atoms with van der Waals surface area (Å²) in [5, 5.41) is 0. The van der Waals surface area contributed by atoms with Crippen molar-refractivity contribution >= 4 is 12.0 Å². The van der Waals surface area contributed by atoms with Crippen LogP contribution in [-0.2, 0) is 9.53 Å². The third-order valence-corrected chi connectivity index (χ3v) is 9.00. The molecule has 0 bridgehead atoms. The van der Waals surface area contributed by atoms with E-state index in [0.29, 0.717) is 18.4 Å². The molecule has 4 rings (SSSR count). The van der Waals surface area contributed by atoms with E-state index in [-0.39, 0.29) is 28.5 Å². The summed E-state index contributed by atoms with van der Waals surface area (Å²) in [6.07, 6.45) is 9.31. The zero-order valence-electron chi connectivity index (χ0n) is 21.1. The van der Waals surface area contributed by atoms with Crippen LogP contribution in [0.3, 0.4) is 0 Å². The van der Waals surface area contributed by atoms with E-state index in [1.165, 1.54) is 32.1 Å². The van der Waals surface area contributed by atoms with Crippen molar-refractivity contribution in [1.82, 2.24) is 14.7 Å². The van der Waals surface area contributed by atoms with E-state index in [0.717, 1.165) is 52.0 Å². The number of carbonyl (C=O) groups excluding carboxylic acids is 2. The number of rotatable bonds is 4. The van der Waals surface area contributed by atoms with Crippen LogP contribution in [0.5, 0.6) is 0 Å². The second kappa shape index (κ2) is 8.81. The minimum Gasteiger partial charge on any atom is -0.447 e. The van der Waals surface area contributed by atoms with Crippen molar-refractivity contribution < 1.29 is 14.3 Å². The lowest BCUT2D eigenvalue weighted by Crippen LogP contribution is -2.55. The van der Waals surface area contributed by atoms with Gasteiger partial charge >= 0.3 is 6.09 Å². The highest BCUT2D eigenvalue weighted by atomic mass is 16.6. The van der Waals surface area contributed by atoms with Crippen LogP contribution in [0.25, 0.3) is 0 Å². The molecule has 3 aliphatic heterocycles. The standard InChI is InChI=1S/C26H45N3O3/c1-24(2,3)28-14-11-20(17-28)22(30)27-15-12-26(13-16-27,21-9-7-6-8-10-21)18-29-23(31)32-19-25(29,4)5/h20-21H,6-19H2,1-5H3/t20-/m1/s1. The van der Waals surface area contributed by atoms with Crippen LogP contribution in [0, 0.1) is 17.3 Å². The number of carbonyl (C=O) groups is 2. The molecule has 0 N–H and O–H groups in total. The van der Waals surface area contributed by atoms with Crippen LogP contribution in [0.4, 0.5) is 4.79 Å². The maximum Gasteiger partial charge on any atom is 0.410 e. The van der Waals surface area contributed by atoms with E-state index in [1.807, 2.05) is 4.90 Å². The van der Waals surface area contributed by atoms with Crippen molar-refractivity contribution in [2.75, 3.05) is 39.3 Å². The van der Waals surface area contributed by atoms with Crippen molar-refractivity contribution in [1.29, 1.82) is 0 Å². The first-order chi connectivity index (χ1) is 15.0. The van der Waals surface area contributed by atoms with Gasteiger partial charge in [0.1, 0.15) is 6.61 Å². The molecule has 0 spiro atoms. The van der Waals surface area contributed by atoms with Gasteiger partial charge in [-0.15, -0.1) is 0 Å². The van der Waals surface area contributed by atoms with Gasteiger partial charge in [-0.1, -0.05) is 19.3 Å². The molecule has 6 heteroatoms. The molecular formula is C26H45N3O3. The quantitative estimate of drug-likeness (QED) is 0.635. The van der Waals surface area contributed by atoms with Gasteiger partial charge in [0, 0.05) is 31.7 Å². The average molecular weight is 448 g/mol. The van der Waals surface area contributed by atoms with Gasteiger partial charge in [-0.05, 0) is 84.6 Å². The Morgan fingerprint density at radius 1 is 1.03 bits per heavy atom. The average Bonchev–Trinajstić information content (AvgIpc) is 3.36. The number of cyclic esters (lactones) is 1. The Morgan fingerprint density at radius 2 is 1.69 bits per heavy atom. The summed E-state index contributed by atoms with van der Waals surface area (Å²) in [4.78, 5) is 32.5. The highest BCUT2D eigenvalue weighted by molar-refractivity contribution is 5.79. The lowest BCUT2D eigenvalue weighted by atomic mass is 9.63. The van der Waals surface area contributed by atoms with Gasteiger partial charge in [0.05, 0.1) is 11.5 Å². The van der Waals surface area contributed by atoms with Gasteiger partial charge < -0.3 is 9.64 Å². The number of hydrogen-bond donors (Lipinski definition) is 0. The van der Waals surface area contributed by atoms with Gasteiger partial charge in [-0.25, -0.2) is 4.79 Å². The molecule has 0 unspecified atom stereocenters. The Morgan fingerprint density at radius 3 is 2.22 bits per heavy atom. The van der Waals surface area contributed by atoms with Crippen LogP contribution in [-0.4, -0.2) is 77.1 Å². The normalized spacial score (nSPS) is 29.4. The summed E-state index contributed by atoms with van der Waals surface area (Å²) in [5.41, 5.74) is 0.00111. The van der Waals surface area contributed by atoms with Crippen molar-refractivity contribution in [2.24, 2.45) is 17.3 Å². The molecule has 3 heterocycles. The topological polar surface area (TPSA) is 53.1 Å². The molecule has 0 aromatic heterocycles. The number of amides is 2. The molecule has 32 heavy (non-hydrogen) atoms. The smallest absolute Gasteiger partial charge is 0.410 e. The molecule has 4 fully saturated rings. The molecule has 1 atom stereocenters. The molecular weight excluding hydrogens is 402 g/mol. The van der Waals surface area contributed by atoms with E-state index in [1.54, 1.807) is 0 Å². The summed E-state index contributed by atoms with van der Waals surface area (Å²) in [6.45, 7) is 15.8. The predicted octanol–water partition coefficient (Wildman–Crippen LogP) is 4.53. The Labute approximate surface area is 195 Å². The molecule has 0 aromatic carbocycles. The minimum atomic E-state index is -0.244. The molecule has 0 radical (unpaired) electrons. The lowest BCUT2D eigenvalue weighted by molar-refractivity contribution is -0.139. The van der Waals surface area contributed by atoms with Gasteiger partial charge in [-0.3, -0.25) is 14.6 Å². The van der Waals surface area contributed by atoms with Crippen LogP contribution < -0.4 is 0 Å². The molecule has 1 saturated carbocycles. The maximum absolute atomic E-state index is 13.4. The van der Waals surface area contributed by atoms with E-state index in [2.05, 4.69) is 44.4 Å². The van der Waals surface area contributed by atoms with Crippen LogP contribution in [0.15, 0.2) is 0 Å². The first-order valence-corrected chi connectivity index (χ1v) is 13.0. The van der Waals surface area contributed by atoms with Gasteiger partial charge in [0.15, 0.2) is 0 Å². The summed E-state index contributed by atoms with van der Waals surface area (Å²) in [6, 6.07) is 0. The van der Waals surface area contributed by atoms with E-state index < -0.39 is 0 Å². The van der Waals surface area contributed by atoms with Crippen LogP contribution >= 0.6 is 0 Å². The zero-order chi connectivity index (χ0) is 23.1. The molecule has 1 aliphatic carbocycles. The first-order valence-electron chi connectivity index (χ1n) is 13.0. The first kappa shape index (κ1) is 23.8. The fraction of sp³-hybridized carbons (Fsp3) is 0.923. The van der Waals surface area contributed by atoms with Crippen LogP contribution in [0.2, 0.25) is 0 Å². The largest absolute Gasteiger partial charge is 0.447 e. The number of nitrogens with zero attached hydrogens (tertiary/aromatic N) is 3. The Hall–Kier alpha value is -1.30. The zero-order valence-corrected chi connectivity index (χ0v) is 21.1. The van der Waals surface area contributed by atoms with Gasteiger partial charge in [0.25, 0.3) is 0 Å². The molecule has 2 amide bonds. The monoisotopic (exact) mass is 447 g/mol. The minimum absolute atomic E-state index is 0.116. The summed E-state index contributed by atoms with van der Waals surface area (Å²) in [7, 11) is 0. The molecule has 6 nitrogen and oxygen atoms in total. The van der Waals surface area contributed by atoms with E-state index >= 15 is 0 Å². The Bertz CT molecular complexity index is 700. The number of ether oxygens (including phenoxy) is 1. The van der Waals surface area contributed by atoms with Crippen molar-refractivity contribution in [3.05, 3.63) is 0 Å². The number of hydrogen-bond acceptors (Lipinski definition) is 4. The van der Waals surface area contributed by atoms with E-state index in [9.17, 15) is 9.59 Å². The Balaban J connectivity index is 1.44. The predicted molar refractivity (Wildman–Crippen MR) is 126 cm³/mol. The number of likely N-dealkylation sites (tertiary alicyclic amines) is 2. The summed E-state index contributed by atoms with van der Waals surface area (Å²) >= 11 is 0. The molecule has 0 aromatic rings. The molecule has 3 saturated heterocycles. The highest BCUT2D eigenvalue weighted by Crippen LogP contribution is 2.48. The number of piperidine rings is 1. The van der Waals surface area contributed by atoms with Gasteiger partial charge in [0.2, 0.25) is 5.91 Å². The van der Waals surface area contributed by atoms with Crippen molar-refractivity contribution in [3.63, 3.8) is 0 Å². The summed E-state index contributed by atoms with van der Waals surface area (Å²) in [5.74, 6) is 1.15. The second-order valence-corrected chi connectivity index (χ2v) is 12.6.